The fourth-order valence-electron chi connectivity index (χ4n) is 3.67. The Labute approximate surface area is 147 Å². The van der Waals surface area contributed by atoms with Crippen LogP contribution in [0.25, 0.3) is 22.3 Å². The largest absolute Gasteiger partial charge is 0.206 e. The Morgan fingerprint density at radius 1 is 0.920 bits per heavy atom. The molecular formula is C23H18FN. The molecule has 3 aromatic rings. The first kappa shape index (κ1) is 15.6. The number of benzene rings is 3. The predicted molar refractivity (Wildman–Crippen MR) is 98.8 cm³/mol. The summed E-state index contributed by atoms with van der Waals surface area (Å²) in [7, 11) is 0. The van der Waals surface area contributed by atoms with Gasteiger partial charge in [-0.3, -0.25) is 0 Å². The van der Waals surface area contributed by atoms with Gasteiger partial charge in [0.15, 0.2) is 0 Å². The number of rotatable bonds is 3. The van der Waals surface area contributed by atoms with Crippen molar-refractivity contribution >= 4 is 0 Å². The molecule has 0 heterocycles. The van der Waals surface area contributed by atoms with Crippen LogP contribution >= 0.6 is 0 Å². The van der Waals surface area contributed by atoms with Crippen LogP contribution in [0.1, 0.15) is 35.6 Å². The highest BCUT2D eigenvalue weighted by molar-refractivity contribution is 5.81. The lowest BCUT2D eigenvalue weighted by Crippen LogP contribution is -1.89. The van der Waals surface area contributed by atoms with Gasteiger partial charge in [0.25, 0.3) is 0 Å². The van der Waals surface area contributed by atoms with Crippen molar-refractivity contribution in [3.05, 3.63) is 82.7 Å². The zero-order chi connectivity index (χ0) is 17.4. The SMILES string of the molecule is CCCc1ccc2c(c1)Cc1cc(-c3ccc(C#N)cc3)c(F)cc1-2. The van der Waals surface area contributed by atoms with Gasteiger partial charge in [-0.25, -0.2) is 4.39 Å². The molecule has 0 spiro atoms. The summed E-state index contributed by atoms with van der Waals surface area (Å²) in [5, 5.41) is 8.92. The van der Waals surface area contributed by atoms with E-state index in [0.29, 0.717) is 11.1 Å². The van der Waals surface area contributed by atoms with Gasteiger partial charge in [0.1, 0.15) is 5.82 Å². The van der Waals surface area contributed by atoms with Gasteiger partial charge in [0.2, 0.25) is 0 Å². The van der Waals surface area contributed by atoms with Gasteiger partial charge in [-0.15, -0.1) is 0 Å². The molecule has 1 aliphatic carbocycles. The standard InChI is InChI=1S/C23H18FN/c1-2-3-15-6-9-20-18(10-15)11-19-12-22(23(24)13-21(19)20)17-7-4-16(14-25)5-8-17/h4-10,12-13H,2-3,11H2,1H3. The maximum absolute atomic E-state index is 14.7. The zero-order valence-electron chi connectivity index (χ0n) is 14.1. The maximum atomic E-state index is 14.7. The van der Waals surface area contributed by atoms with Crippen LogP contribution in [0.15, 0.2) is 54.6 Å². The van der Waals surface area contributed by atoms with Crippen LogP contribution in [-0.4, -0.2) is 0 Å². The third-order valence-corrected chi connectivity index (χ3v) is 4.90. The van der Waals surface area contributed by atoms with E-state index in [1.807, 2.05) is 18.2 Å². The van der Waals surface area contributed by atoms with Gasteiger partial charge in [-0.2, -0.15) is 5.26 Å². The average Bonchev–Trinajstić information content (AvgIpc) is 2.98. The van der Waals surface area contributed by atoms with Gasteiger partial charge < -0.3 is 0 Å². The van der Waals surface area contributed by atoms with Crippen LogP contribution in [0.3, 0.4) is 0 Å². The molecule has 0 aliphatic heterocycles. The summed E-state index contributed by atoms with van der Waals surface area (Å²) >= 11 is 0. The van der Waals surface area contributed by atoms with Crippen molar-refractivity contribution in [1.82, 2.24) is 0 Å². The Bertz CT molecular complexity index is 994. The Kier molecular flexibility index (Phi) is 3.86. The van der Waals surface area contributed by atoms with E-state index in [2.05, 4.69) is 31.2 Å². The van der Waals surface area contributed by atoms with Crippen LogP contribution < -0.4 is 0 Å². The maximum Gasteiger partial charge on any atom is 0.131 e. The smallest absolute Gasteiger partial charge is 0.131 e. The average molecular weight is 327 g/mol. The van der Waals surface area contributed by atoms with E-state index in [0.717, 1.165) is 36.0 Å². The first-order valence-electron chi connectivity index (χ1n) is 8.64. The van der Waals surface area contributed by atoms with Crippen LogP contribution in [0.2, 0.25) is 0 Å². The first-order valence-corrected chi connectivity index (χ1v) is 8.64. The third-order valence-electron chi connectivity index (χ3n) is 4.90. The highest BCUT2D eigenvalue weighted by Crippen LogP contribution is 2.40. The van der Waals surface area contributed by atoms with Crippen molar-refractivity contribution in [2.45, 2.75) is 26.2 Å². The topological polar surface area (TPSA) is 23.8 Å². The van der Waals surface area contributed by atoms with Crippen molar-refractivity contribution in [2.75, 3.05) is 0 Å². The second-order valence-electron chi connectivity index (χ2n) is 6.60. The fraction of sp³-hybridized carbons (Fsp3) is 0.174. The van der Waals surface area contributed by atoms with Crippen LogP contribution in [-0.2, 0) is 12.8 Å². The molecular weight excluding hydrogens is 309 g/mol. The molecule has 0 unspecified atom stereocenters. The number of nitrogens with zero attached hydrogens (tertiary/aromatic N) is 1. The Morgan fingerprint density at radius 2 is 1.68 bits per heavy atom. The van der Waals surface area contributed by atoms with E-state index >= 15 is 0 Å². The summed E-state index contributed by atoms with van der Waals surface area (Å²) in [4.78, 5) is 0. The molecule has 25 heavy (non-hydrogen) atoms. The van der Waals surface area contributed by atoms with Gasteiger partial charge in [0, 0.05) is 5.56 Å². The molecule has 2 heteroatoms. The number of nitriles is 1. The molecule has 0 bridgehead atoms. The number of hydrogen-bond donors (Lipinski definition) is 0. The molecule has 1 aliphatic rings. The summed E-state index contributed by atoms with van der Waals surface area (Å²) in [5.74, 6) is -0.214. The van der Waals surface area contributed by atoms with E-state index in [1.54, 1.807) is 18.2 Å². The van der Waals surface area contributed by atoms with Crippen LogP contribution in [0.4, 0.5) is 4.39 Å². The second-order valence-corrected chi connectivity index (χ2v) is 6.60. The molecule has 0 radical (unpaired) electrons. The van der Waals surface area contributed by atoms with Gasteiger partial charge in [-0.1, -0.05) is 43.7 Å². The molecule has 3 aromatic carbocycles. The summed E-state index contributed by atoms with van der Waals surface area (Å²) in [6.45, 7) is 2.18. The lowest BCUT2D eigenvalue weighted by atomic mass is 9.97. The lowest BCUT2D eigenvalue weighted by molar-refractivity contribution is 0.631. The van der Waals surface area contributed by atoms with E-state index in [-0.39, 0.29) is 5.82 Å². The third kappa shape index (κ3) is 2.72. The Hall–Kier alpha value is -2.92. The quantitative estimate of drug-likeness (QED) is 0.460. The van der Waals surface area contributed by atoms with Crippen LogP contribution in [0.5, 0.6) is 0 Å². The molecule has 0 aromatic heterocycles. The molecule has 0 atom stereocenters. The molecule has 4 rings (SSSR count). The van der Waals surface area contributed by atoms with Gasteiger partial charge in [-0.05, 0) is 70.5 Å². The van der Waals surface area contributed by atoms with Crippen LogP contribution in [0, 0.1) is 17.1 Å². The minimum atomic E-state index is -0.214. The number of hydrogen-bond acceptors (Lipinski definition) is 1. The monoisotopic (exact) mass is 327 g/mol. The zero-order valence-corrected chi connectivity index (χ0v) is 14.1. The minimum Gasteiger partial charge on any atom is -0.206 e. The summed E-state index contributed by atoms with van der Waals surface area (Å²) in [6, 6.07) is 19.4. The van der Waals surface area contributed by atoms with E-state index < -0.39 is 0 Å². The molecule has 0 amide bonds. The number of halogens is 1. The highest BCUT2D eigenvalue weighted by atomic mass is 19.1. The van der Waals surface area contributed by atoms with E-state index in [9.17, 15) is 4.39 Å². The number of aryl methyl sites for hydroxylation is 1. The second kappa shape index (κ2) is 6.18. The molecule has 0 N–H and O–H groups in total. The normalized spacial score (nSPS) is 11.7. The molecule has 1 nitrogen and oxygen atoms in total. The van der Waals surface area contributed by atoms with Gasteiger partial charge >= 0.3 is 0 Å². The molecule has 0 saturated heterocycles. The fourth-order valence-corrected chi connectivity index (χ4v) is 3.67. The predicted octanol–water partition coefficient (Wildman–Crippen LogP) is 5.89. The molecule has 122 valence electrons. The summed E-state index contributed by atoms with van der Waals surface area (Å²) in [5.41, 5.74) is 7.96. The van der Waals surface area contributed by atoms with E-state index in [4.69, 9.17) is 5.26 Å². The van der Waals surface area contributed by atoms with Crippen molar-refractivity contribution < 1.29 is 4.39 Å². The van der Waals surface area contributed by atoms with E-state index in [1.165, 1.54) is 16.7 Å². The first-order chi connectivity index (χ1) is 12.2. The Balaban J connectivity index is 1.75. The summed E-state index contributed by atoms with van der Waals surface area (Å²) < 4.78 is 14.7. The van der Waals surface area contributed by atoms with Crippen molar-refractivity contribution in [3.8, 4) is 28.3 Å². The van der Waals surface area contributed by atoms with Crippen molar-refractivity contribution in [3.63, 3.8) is 0 Å². The lowest BCUT2D eigenvalue weighted by Gasteiger charge is -2.08. The van der Waals surface area contributed by atoms with Gasteiger partial charge in [0.05, 0.1) is 11.6 Å². The number of fused-ring (bicyclic) bond motifs is 3. The van der Waals surface area contributed by atoms with Crippen molar-refractivity contribution in [1.29, 1.82) is 5.26 Å². The molecule has 0 saturated carbocycles. The highest BCUT2D eigenvalue weighted by Gasteiger charge is 2.21. The van der Waals surface area contributed by atoms with Crippen molar-refractivity contribution in [2.24, 2.45) is 0 Å². The summed E-state index contributed by atoms with van der Waals surface area (Å²) in [6.07, 6.45) is 3.06. The minimum absolute atomic E-state index is 0.214. The molecule has 0 fully saturated rings. The Morgan fingerprint density at radius 3 is 2.40 bits per heavy atom.